The largest absolute Gasteiger partial charge is 0.495 e. The lowest BCUT2D eigenvalue weighted by Crippen LogP contribution is -2.32. The van der Waals surface area contributed by atoms with Crippen molar-refractivity contribution < 1.29 is 40.3 Å². The van der Waals surface area contributed by atoms with Crippen LogP contribution in [0.4, 0.5) is 11.4 Å². The number of amides is 1. The molecule has 0 aliphatic heterocycles. The van der Waals surface area contributed by atoms with Gasteiger partial charge in [-0.1, -0.05) is 24.3 Å². The second kappa shape index (κ2) is 11.4. The van der Waals surface area contributed by atoms with Crippen LogP contribution in [0, 0.1) is 6.92 Å². The van der Waals surface area contributed by atoms with Crippen molar-refractivity contribution in [2.75, 3.05) is 12.4 Å². The van der Waals surface area contributed by atoms with E-state index >= 15 is 0 Å². The van der Waals surface area contributed by atoms with Gasteiger partial charge in [-0.15, -0.1) is 11.3 Å². The van der Waals surface area contributed by atoms with E-state index in [0.29, 0.717) is 11.3 Å². The first-order chi connectivity index (χ1) is 19.2. The predicted molar refractivity (Wildman–Crippen MR) is 150 cm³/mol. The number of hydrogen-bond acceptors (Lipinski definition) is 11. The molecule has 214 valence electrons. The number of carbonyl (C=O) groups excluding carboxylic acids is 2. The number of fused-ring (bicyclic) bond motifs is 1. The van der Waals surface area contributed by atoms with E-state index in [1.165, 1.54) is 38.3 Å². The van der Waals surface area contributed by atoms with E-state index in [0.717, 1.165) is 24.3 Å². The van der Waals surface area contributed by atoms with E-state index in [1.54, 1.807) is 24.3 Å². The number of benzene rings is 3. The molecule has 0 spiro atoms. The van der Waals surface area contributed by atoms with E-state index in [1.807, 2.05) is 0 Å². The van der Waals surface area contributed by atoms with Crippen LogP contribution in [-0.4, -0.2) is 55.8 Å². The van der Waals surface area contributed by atoms with Gasteiger partial charge < -0.3 is 10.1 Å². The minimum absolute atomic E-state index is 0.175. The quantitative estimate of drug-likeness (QED) is 0.137. The van der Waals surface area contributed by atoms with E-state index in [9.17, 15) is 35.5 Å². The van der Waals surface area contributed by atoms with Crippen molar-refractivity contribution in [2.24, 2.45) is 10.2 Å². The van der Waals surface area contributed by atoms with Gasteiger partial charge in [0.1, 0.15) is 26.2 Å². The maximum Gasteiger partial charge on any atom is 0.296 e. The Morgan fingerprint density at radius 1 is 1.02 bits per heavy atom. The molecule has 13 nitrogen and oxygen atoms in total. The average molecular weight is 619 g/mol. The molecule has 1 amide bonds. The minimum atomic E-state index is -4.82. The van der Waals surface area contributed by atoms with Crippen molar-refractivity contribution in [3.63, 3.8) is 0 Å². The number of nitrogens with one attached hydrogen (secondary N) is 1. The van der Waals surface area contributed by atoms with Gasteiger partial charge >= 0.3 is 0 Å². The number of rotatable bonds is 9. The van der Waals surface area contributed by atoms with Gasteiger partial charge in [-0.05, 0) is 49.7 Å². The number of aryl methyl sites for hydroxylation is 1. The predicted octanol–water partition coefficient (Wildman–Crippen LogP) is 4.45. The summed E-state index contributed by atoms with van der Waals surface area (Å²) in [5, 5.41) is 10.3. The topological polar surface area (TPSA) is 202 Å². The molecule has 3 N–H and O–H groups in total. The van der Waals surface area contributed by atoms with Gasteiger partial charge in [-0.25, -0.2) is 4.98 Å². The fourth-order valence-electron chi connectivity index (χ4n) is 3.84. The second-order valence-electron chi connectivity index (χ2n) is 8.63. The second-order valence-corrected chi connectivity index (χ2v) is 12.4. The summed E-state index contributed by atoms with van der Waals surface area (Å²) in [5.41, 5.74) is 0.663. The third kappa shape index (κ3) is 6.47. The molecule has 1 aromatic heterocycles. The summed E-state index contributed by atoms with van der Waals surface area (Å²) in [4.78, 5) is 28.5. The number of ketones is 1. The number of para-hydroxylation sites is 2. The van der Waals surface area contributed by atoms with Gasteiger partial charge in [0.2, 0.25) is 6.04 Å². The maximum absolute atomic E-state index is 12.9. The van der Waals surface area contributed by atoms with Crippen LogP contribution in [0.25, 0.3) is 20.8 Å². The Morgan fingerprint density at radius 3 is 2.37 bits per heavy atom. The molecule has 0 aliphatic carbocycles. The Morgan fingerprint density at radius 2 is 1.73 bits per heavy atom. The monoisotopic (exact) mass is 618 g/mol. The standard InChI is InChI=1S/C25H22N4O9S3/c1-13-8-10-17-22(23(13)41(35,36)37)39-25(27-17)15-9-11-20(40(32,33)34)18(12-15)28-29-21(14(2)30)24(31)26-16-6-4-5-7-19(16)38-3/h4-12,21H,1-3H3,(H,26,31)(H,32,33,34)(H,35,36,37). The number of ether oxygens (including phenoxy) is 1. The highest BCUT2D eigenvalue weighted by Gasteiger charge is 2.26. The molecule has 1 unspecified atom stereocenters. The summed E-state index contributed by atoms with van der Waals surface area (Å²) in [6.07, 6.45) is 0. The van der Waals surface area contributed by atoms with Crippen LogP contribution in [-0.2, 0) is 29.8 Å². The Hall–Kier alpha value is -4.09. The van der Waals surface area contributed by atoms with E-state index in [2.05, 4.69) is 20.5 Å². The summed E-state index contributed by atoms with van der Waals surface area (Å²) in [5.74, 6) is -1.25. The van der Waals surface area contributed by atoms with Crippen LogP contribution in [0.2, 0.25) is 0 Å². The number of aromatic nitrogens is 1. The van der Waals surface area contributed by atoms with Crippen molar-refractivity contribution in [3.8, 4) is 16.3 Å². The van der Waals surface area contributed by atoms with Gasteiger partial charge in [0.25, 0.3) is 26.1 Å². The van der Waals surface area contributed by atoms with Crippen molar-refractivity contribution >= 4 is 64.9 Å². The summed E-state index contributed by atoms with van der Waals surface area (Å²) in [6.45, 7) is 2.61. The summed E-state index contributed by atoms with van der Waals surface area (Å²) in [6, 6.07) is 11.3. The third-order valence-electron chi connectivity index (χ3n) is 5.73. The van der Waals surface area contributed by atoms with Crippen molar-refractivity contribution in [1.29, 1.82) is 0 Å². The normalized spacial score (nSPS) is 12.9. The number of nitrogens with zero attached hydrogens (tertiary/aromatic N) is 3. The molecule has 1 heterocycles. The molecule has 3 aromatic carbocycles. The molecule has 1 atom stereocenters. The number of carbonyl (C=O) groups is 2. The molecule has 0 aliphatic rings. The highest BCUT2D eigenvalue weighted by Crippen LogP contribution is 2.38. The van der Waals surface area contributed by atoms with Gasteiger partial charge in [-0.2, -0.15) is 27.1 Å². The minimum Gasteiger partial charge on any atom is -0.495 e. The van der Waals surface area contributed by atoms with Crippen molar-refractivity contribution in [3.05, 3.63) is 60.2 Å². The summed E-state index contributed by atoms with van der Waals surface area (Å²) >= 11 is 0.914. The SMILES string of the molecule is COc1ccccc1NC(=O)C(N=Nc1cc(-c2nc3ccc(C)c(S(=O)(=O)O)c3s2)ccc1S(=O)(=O)O)C(C)=O. The molecule has 16 heteroatoms. The highest BCUT2D eigenvalue weighted by molar-refractivity contribution is 7.86. The van der Waals surface area contributed by atoms with Gasteiger partial charge in [0.05, 0.1) is 23.0 Å². The number of Topliss-reactive ketones (excluding diaryl/α,β-unsaturated/α-hetero) is 1. The van der Waals surface area contributed by atoms with Crippen molar-refractivity contribution in [2.45, 2.75) is 29.7 Å². The molecule has 0 fully saturated rings. The van der Waals surface area contributed by atoms with E-state index in [4.69, 9.17) is 4.74 Å². The number of thiazole rings is 1. The number of hydrogen-bond donors (Lipinski definition) is 3. The molecular weight excluding hydrogens is 596 g/mol. The highest BCUT2D eigenvalue weighted by atomic mass is 32.2. The summed E-state index contributed by atoms with van der Waals surface area (Å²) < 4.78 is 72.9. The molecule has 0 radical (unpaired) electrons. The van der Waals surface area contributed by atoms with Crippen LogP contribution in [0.15, 0.2) is 74.6 Å². The number of methoxy groups -OCH3 is 1. The average Bonchev–Trinajstić information content (AvgIpc) is 3.31. The molecule has 0 saturated carbocycles. The first-order valence-corrected chi connectivity index (χ1v) is 15.2. The third-order valence-corrected chi connectivity index (χ3v) is 8.94. The van der Waals surface area contributed by atoms with Crippen LogP contribution in [0.5, 0.6) is 5.75 Å². The van der Waals surface area contributed by atoms with Gasteiger partial charge in [0.15, 0.2) is 5.78 Å². The zero-order valence-electron chi connectivity index (χ0n) is 21.6. The van der Waals surface area contributed by atoms with E-state index in [-0.39, 0.29) is 31.4 Å². The Kier molecular flexibility index (Phi) is 8.32. The number of anilines is 1. The Labute approximate surface area is 238 Å². The molecule has 0 saturated heterocycles. The molecule has 4 rings (SSSR count). The van der Waals surface area contributed by atoms with Crippen LogP contribution < -0.4 is 10.1 Å². The van der Waals surface area contributed by atoms with Gasteiger partial charge in [-0.3, -0.25) is 18.7 Å². The Bertz CT molecular complexity index is 1930. The lowest BCUT2D eigenvalue weighted by atomic mass is 10.2. The van der Waals surface area contributed by atoms with Crippen LogP contribution in [0.1, 0.15) is 12.5 Å². The molecule has 4 aromatic rings. The van der Waals surface area contributed by atoms with Gasteiger partial charge in [0, 0.05) is 5.56 Å². The van der Waals surface area contributed by atoms with E-state index < -0.39 is 48.6 Å². The Balaban J connectivity index is 1.77. The zero-order chi connectivity index (χ0) is 30.1. The lowest BCUT2D eigenvalue weighted by molar-refractivity contribution is -0.126. The lowest BCUT2D eigenvalue weighted by Gasteiger charge is -2.12. The first-order valence-electron chi connectivity index (χ1n) is 11.6. The first kappa shape index (κ1) is 29.9. The molecular formula is C25H22N4O9S3. The summed E-state index contributed by atoms with van der Waals surface area (Å²) in [7, 11) is -8.00. The molecule has 0 bridgehead atoms. The fraction of sp³-hybridized carbons (Fsp3) is 0.160. The van der Waals surface area contributed by atoms with Crippen LogP contribution in [0.3, 0.4) is 0 Å². The molecule has 41 heavy (non-hydrogen) atoms. The van der Waals surface area contributed by atoms with Crippen LogP contribution >= 0.6 is 11.3 Å². The fourth-order valence-corrected chi connectivity index (χ4v) is 6.76. The maximum atomic E-state index is 12.9. The smallest absolute Gasteiger partial charge is 0.296 e. The van der Waals surface area contributed by atoms with Crippen molar-refractivity contribution in [1.82, 2.24) is 4.98 Å². The number of azo groups is 1. The zero-order valence-corrected chi connectivity index (χ0v) is 24.0.